The Hall–Kier alpha value is -4.25. The zero-order valence-electron chi connectivity index (χ0n) is 22.2. The molecule has 4 aromatic carbocycles. The van der Waals surface area contributed by atoms with Gasteiger partial charge in [-0.3, -0.25) is 4.79 Å². The summed E-state index contributed by atoms with van der Waals surface area (Å²) in [5, 5.41) is 5.04. The monoisotopic (exact) mass is 672 g/mol. The summed E-state index contributed by atoms with van der Waals surface area (Å²) in [7, 11) is 2.97. The lowest BCUT2D eigenvalue weighted by Crippen LogP contribution is -2.40. The predicted molar refractivity (Wildman–Crippen MR) is 162 cm³/mol. The van der Waals surface area contributed by atoms with Gasteiger partial charge in [0.2, 0.25) is 0 Å². The van der Waals surface area contributed by atoms with E-state index in [9.17, 15) is 9.59 Å². The Morgan fingerprint density at radius 3 is 1.93 bits per heavy atom. The molecule has 0 spiro atoms. The van der Waals surface area contributed by atoms with Gasteiger partial charge in [0.15, 0.2) is 11.5 Å². The number of ether oxygens (including phenoxy) is 5. The Kier molecular flexibility index (Phi) is 10.7. The van der Waals surface area contributed by atoms with Crippen molar-refractivity contribution in [3.8, 4) is 28.7 Å². The first-order chi connectivity index (χ1) is 20.2. The van der Waals surface area contributed by atoms with Crippen molar-refractivity contribution in [3.05, 3.63) is 111 Å². The molecule has 9 nitrogen and oxygen atoms in total. The van der Waals surface area contributed by atoms with E-state index in [0.717, 1.165) is 0 Å². The van der Waals surface area contributed by atoms with E-state index in [4.69, 9.17) is 46.9 Å². The highest BCUT2D eigenvalue weighted by atomic mass is 79.9. The lowest BCUT2D eigenvalue weighted by molar-refractivity contribution is -0.140. The second kappa shape index (κ2) is 14.6. The zero-order chi connectivity index (χ0) is 30.1. The van der Waals surface area contributed by atoms with E-state index in [1.165, 1.54) is 26.5 Å². The van der Waals surface area contributed by atoms with Gasteiger partial charge in [-0.2, -0.15) is 5.10 Å². The van der Waals surface area contributed by atoms with E-state index < -0.39 is 18.2 Å². The molecule has 0 radical (unpaired) electrons. The third-order valence-corrected chi connectivity index (χ3v) is 6.50. The highest BCUT2D eigenvalue weighted by Crippen LogP contribution is 2.29. The number of methoxy groups -OCH3 is 2. The predicted octanol–water partition coefficient (Wildman–Crippen LogP) is 6.93. The van der Waals surface area contributed by atoms with E-state index in [1.807, 2.05) is 0 Å². The third-order valence-electron chi connectivity index (χ3n) is 5.50. The molecule has 0 aliphatic carbocycles. The number of carbonyl (C=O) groups is 2. The number of nitrogens with one attached hydrogen (secondary N) is 1. The van der Waals surface area contributed by atoms with Crippen LogP contribution in [0.3, 0.4) is 0 Å². The van der Waals surface area contributed by atoms with Gasteiger partial charge < -0.3 is 23.7 Å². The summed E-state index contributed by atoms with van der Waals surface area (Å²) in [6.45, 7) is 0. The Balaban J connectivity index is 1.50. The number of hydrogen-bond acceptors (Lipinski definition) is 8. The van der Waals surface area contributed by atoms with Crippen molar-refractivity contribution in [1.82, 2.24) is 5.43 Å². The van der Waals surface area contributed by atoms with Crippen molar-refractivity contribution in [2.45, 2.75) is 6.29 Å². The Labute approximate surface area is 260 Å². The average molecular weight is 674 g/mol. The van der Waals surface area contributed by atoms with Crippen molar-refractivity contribution >= 4 is 57.2 Å². The first-order valence-electron chi connectivity index (χ1n) is 12.2. The van der Waals surface area contributed by atoms with E-state index in [1.54, 1.807) is 78.9 Å². The van der Waals surface area contributed by atoms with E-state index in [2.05, 4.69) is 26.5 Å². The fourth-order valence-electron chi connectivity index (χ4n) is 3.46. The molecule has 12 heteroatoms. The van der Waals surface area contributed by atoms with Crippen LogP contribution in [0.5, 0.6) is 28.7 Å². The number of amides is 1. The van der Waals surface area contributed by atoms with Crippen LogP contribution in [0.1, 0.15) is 15.9 Å². The quantitative estimate of drug-likeness (QED) is 0.0606. The molecule has 0 aliphatic rings. The van der Waals surface area contributed by atoms with Crippen molar-refractivity contribution in [1.29, 1.82) is 0 Å². The van der Waals surface area contributed by atoms with E-state index in [0.29, 0.717) is 43.1 Å². The minimum Gasteiger partial charge on any atom is -0.493 e. The molecule has 0 unspecified atom stereocenters. The number of esters is 1. The molecule has 0 fully saturated rings. The number of carbonyl (C=O) groups excluding carboxylic acids is 2. The third kappa shape index (κ3) is 8.39. The second-order valence-electron chi connectivity index (χ2n) is 8.35. The first kappa shape index (κ1) is 30.7. The molecule has 0 saturated carbocycles. The van der Waals surface area contributed by atoms with Crippen molar-refractivity contribution in [2.75, 3.05) is 14.2 Å². The summed E-state index contributed by atoms with van der Waals surface area (Å²) in [5.41, 5.74) is 3.04. The lowest BCUT2D eigenvalue weighted by atomic mass is 10.2. The van der Waals surface area contributed by atoms with Crippen LogP contribution >= 0.6 is 39.1 Å². The smallest absolute Gasteiger partial charge is 0.343 e. The van der Waals surface area contributed by atoms with Crippen molar-refractivity contribution in [2.24, 2.45) is 5.10 Å². The van der Waals surface area contributed by atoms with Crippen LogP contribution in [0, 0.1) is 0 Å². The maximum absolute atomic E-state index is 13.1. The molecule has 1 N–H and O–H groups in total. The van der Waals surface area contributed by atoms with Gasteiger partial charge >= 0.3 is 18.2 Å². The molecular weight excluding hydrogens is 651 g/mol. The topological polar surface area (TPSA) is 105 Å². The Morgan fingerprint density at radius 1 is 0.786 bits per heavy atom. The minimum absolute atomic E-state index is 0.197. The van der Waals surface area contributed by atoms with Crippen molar-refractivity contribution in [3.63, 3.8) is 0 Å². The van der Waals surface area contributed by atoms with E-state index >= 15 is 0 Å². The molecule has 0 aliphatic heterocycles. The number of rotatable bonds is 11. The summed E-state index contributed by atoms with van der Waals surface area (Å²) >= 11 is 15.3. The SMILES string of the molecule is COc1ccc(C(=O)Oc2ccc(Br)cc2C=NNC(=O)C(Oc2ccc(Cl)cc2)Oc2ccc(Cl)cc2)cc1OC. The summed E-state index contributed by atoms with van der Waals surface area (Å²) in [5.74, 6) is 0.382. The number of benzene rings is 4. The summed E-state index contributed by atoms with van der Waals surface area (Å²) in [4.78, 5) is 25.9. The molecule has 42 heavy (non-hydrogen) atoms. The second-order valence-corrected chi connectivity index (χ2v) is 10.1. The Bertz CT molecular complexity index is 1530. The van der Waals surface area contributed by atoms with Gasteiger partial charge in [0, 0.05) is 20.1 Å². The van der Waals surface area contributed by atoms with Gasteiger partial charge in [0.25, 0.3) is 0 Å². The van der Waals surface area contributed by atoms with Crippen LogP contribution in [-0.2, 0) is 4.79 Å². The van der Waals surface area contributed by atoms with Crippen molar-refractivity contribution < 1.29 is 33.3 Å². The van der Waals surface area contributed by atoms with Crippen LogP contribution in [0.2, 0.25) is 10.0 Å². The molecule has 0 heterocycles. The van der Waals surface area contributed by atoms with Gasteiger partial charge in [0.05, 0.1) is 26.0 Å². The number of hydrazone groups is 1. The standard InChI is InChI=1S/C30H23BrCl2N2O7/c1-38-26-13-3-18(16-27(26)39-2)29(37)42-25-14-4-20(31)15-19(25)17-34-35-28(36)30(40-23-9-5-21(32)6-10-23)41-24-11-7-22(33)8-12-24/h3-17,30H,1-2H3,(H,35,36). The highest BCUT2D eigenvalue weighted by Gasteiger charge is 2.23. The van der Waals surface area contributed by atoms with Crippen LogP contribution < -0.4 is 29.1 Å². The molecule has 0 aromatic heterocycles. The summed E-state index contributed by atoms with van der Waals surface area (Å²) < 4.78 is 28.3. The molecule has 4 aromatic rings. The van der Waals surface area contributed by atoms with E-state index in [-0.39, 0.29) is 11.3 Å². The summed E-state index contributed by atoms with van der Waals surface area (Å²) in [6, 6.07) is 22.5. The van der Waals surface area contributed by atoms with Crippen LogP contribution in [0.25, 0.3) is 0 Å². The molecule has 216 valence electrons. The lowest BCUT2D eigenvalue weighted by Gasteiger charge is -2.19. The maximum Gasteiger partial charge on any atom is 0.343 e. The van der Waals surface area contributed by atoms with Gasteiger partial charge in [-0.15, -0.1) is 0 Å². The van der Waals surface area contributed by atoms with Gasteiger partial charge in [-0.1, -0.05) is 39.1 Å². The van der Waals surface area contributed by atoms with Gasteiger partial charge in [-0.25, -0.2) is 10.2 Å². The molecular formula is C30H23BrCl2N2O7. The van der Waals surface area contributed by atoms with Gasteiger partial charge in [-0.05, 0) is 84.9 Å². The molecule has 1 amide bonds. The highest BCUT2D eigenvalue weighted by molar-refractivity contribution is 9.10. The van der Waals surface area contributed by atoms with Crippen LogP contribution in [0.4, 0.5) is 0 Å². The molecule has 0 atom stereocenters. The number of hydrogen-bond donors (Lipinski definition) is 1. The first-order valence-corrected chi connectivity index (χ1v) is 13.7. The molecule has 0 bridgehead atoms. The van der Waals surface area contributed by atoms with Gasteiger partial charge in [0.1, 0.15) is 17.2 Å². The number of halogens is 3. The average Bonchev–Trinajstić information content (AvgIpc) is 2.99. The summed E-state index contributed by atoms with van der Waals surface area (Å²) in [6.07, 6.45) is -0.101. The van der Waals surface area contributed by atoms with Crippen LogP contribution in [0.15, 0.2) is 94.5 Å². The molecule has 0 saturated heterocycles. The normalized spacial score (nSPS) is 10.8. The van der Waals surface area contributed by atoms with Crippen LogP contribution in [-0.4, -0.2) is 38.6 Å². The fraction of sp³-hybridized carbons (Fsp3) is 0.100. The zero-order valence-corrected chi connectivity index (χ0v) is 25.3. The Morgan fingerprint density at radius 2 is 1.36 bits per heavy atom. The largest absolute Gasteiger partial charge is 0.493 e. The maximum atomic E-state index is 13.1. The fourth-order valence-corrected chi connectivity index (χ4v) is 4.09. The number of nitrogens with zero attached hydrogens (tertiary/aromatic N) is 1. The molecule has 4 rings (SSSR count). The minimum atomic E-state index is -1.42.